The Balaban J connectivity index is 4.23. The lowest BCUT2D eigenvalue weighted by Gasteiger charge is -2.19. The standard InChI is InChI=1S/C47H82NO8P/c1-3-5-7-9-11-13-15-17-19-21-22-24-25-27-29-31-33-35-37-39-46(49)53-43-45(44-55-57(51,52)54-42-41-48)56-47(50)40-38-36-34-32-30-28-26-23-20-18-16-14-12-10-8-6-4-2/h11-14,17-20,22,24,27,29,45H,3-10,15-16,21,23,25-26,28,30-44,48H2,1-2H3,(H,51,52)/t45-/m1/s1. The van der Waals surface area contributed by atoms with Crippen LogP contribution < -0.4 is 5.73 Å². The van der Waals surface area contributed by atoms with Gasteiger partial charge in [-0.05, 0) is 89.9 Å². The summed E-state index contributed by atoms with van der Waals surface area (Å²) >= 11 is 0. The minimum atomic E-state index is -4.39. The minimum absolute atomic E-state index is 0.0439. The van der Waals surface area contributed by atoms with Crippen LogP contribution in [-0.4, -0.2) is 49.3 Å². The molecule has 0 aromatic rings. The van der Waals surface area contributed by atoms with Gasteiger partial charge in [0.25, 0.3) is 0 Å². The number of unbranched alkanes of at least 4 members (excludes halogenated alkanes) is 16. The monoisotopic (exact) mass is 820 g/mol. The Kier molecular flexibility index (Phi) is 41.1. The van der Waals surface area contributed by atoms with E-state index in [9.17, 15) is 19.0 Å². The van der Waals surface area contributed by atoms with Crippen LogP contribution in [0.3, 0.4) is 0 Å². The van der Waals surface area contributed by atoms with Gasteiger partial charge in [0.2, 0.25) is 0 Å². The minimum Gasteiger partial charge on any atom is -0.462 e. The summed E-state index contributed by atoms with van der Waals surface area (Å²) in [6.45, 7) is 3.62. The Labute approximate surface area is 348 Å². The first kappa shape index (κ1) is 54.5. The molecular formula is C47H82NO8P. The maximum atomic E-state index is 12.6. The Hall–Kier alpha value is -2.55. The van der Waals surface area contributed by atoms with Crippen LogP contribution in [0.25, 0.3) is 0 Å². The summed E-state index contributed by atoms with van der Waals surface area (Å²) < 4.78 is 32.8. The topological polar surface area (TPSA) is 134 Å². The van der Waals surface area contributed by atoms with Gasteiger partial charge in [0.05, 0.1) is 13.2 Å². The van der Waals surface area contributed by atoms with Crippen LogP contribution in [0.1, 0.15) is 181 Å². The Bertz CT molecular complexity index is 1160. The van der Waals surface area contributed by atoms with Gasteiger partial charge in [-0.3, -0.25) is 18.6 Å². The van der Waals surface area contributed by atoms with Crippen LogP contribution in [-0.2, 0) is 32.7 Å². The summed E-state index contributed by atoms with van der Waals surface area (Å²) in [5.41, 5.74) is 5.35. The molecule has 57 heavy (non-hydrogen) atoms. The SMILES string of the molecule is CCCCCC=CCC=CCC=CCC=CCCCCCC(=O)OC[C@H](COP(=O)(O)OCCN)OC(=O)CCCCCCCCCC=CCC=CCCCCC. The molecule has 2 atom stereocenters. The van der Waals surface area contributed by atoms with E-state index in [0.717, 1.165) is 70.6 Å². The zero-order chi connectivity index (χ0) is 41.8. The molecule has 328 valence electrons. The van der Waals surface area contributed by atoms with Gasteiger partial charge in [-0.25, -0.2) is 4.57 Å². The molecule has 0 aliphatic rings. The summed E-state index contributed by atoms with van der Waals surface area (Å²) in [4.78, 5) is 34.9. The molecular weight excluding hydrogens is 737 g/mol. The normalized spacial score (nSPS) is 14.0. The molecule has 0 fully saturated rings. The first-order valence-corrected chi connectivity index (χ1v) is 23.9. The van der Waals surface area contributed by atoms with E-state index in [0.29, 0.717) is 12.8 Å². The van der Waals surface area contributed by atoms with Crippen LogP contribution in [0.2, 0.25) is 0 Å². The maximum Gasteiger partial charge on any atom is 0.472 e. The van der Waals surface area contributed by atoms with Gasteiger partial charge in [-0.2, -0.15) is 0 Å². The summed E-state index contributed by atoms with van der Waals surface area (Å²) in [5, 5.41) is 0. The molecule has 0 amide bonds. The second-order valence-corrected chi connectivity index (χ2v) is 16.0. The van der Waals surface area contributed by atoms with Gasteiger partial charge in [0.1, 0.15) is 6.61 Å². The number of phosphoric ester groups is 1. The van der Waals surface area contributed by atoms with Crippen LogP contribution in [0.15, 0.2) is 72.9 Å². The van der Waals surface area contributed by atoms with Gasteiger partial charge in [0.15, 0.2) is 6.10 Å². The zero-order valence-corrected chi connectivity index (χ0v) is 36.9. The third-order valence-corrected chi connectivity index (χ3v) is 10.0. The third-order valence-electron chi connectivity index (χ3n) is 9.06. The quantitative estimate of drug-likeness (QED) is 0.0267. The number of esters is 2. The van der Waals surface area contributed by atoms with Crippen molar-refractivity contribution < 1.29 is 37.6 Å². The summed E-state index contributed by atoms with van der Waals surface area (Å²) in [7, 11) is -4.39. The number of hydrogen-bond donors (Lipinski definition) is 2. The first-order chi connectivity index (χ1) is 27.8. The van der Waals surface area contributed by atoms with E-state index < -0.39 is 32.5 Å². The maximum absolute atomic E-state index is 12.6. The Morgan fingerprint density at radius 3 is 1.37 bits per heavy atom. The molecule has 0 aromatic carbocycles. The number of allylic oxidation sites excluding steroid dienone is 12. The number of carbonyl (C=O) groups is 2. The second kappa shape index (κ2) is 43.0. The van der Waals surface area contributed by atoms with Gasteiger partial charge >= 0.3 is 19.8 Å². The molecule has 0 heterocycles. The largest absolute Gasteiger partial charge is 0.472 e. The molecule has 1 unspecified atom stereocenters. The highest BCUT2D eigenvalue weighted by atomic mass is 31.2. The predicted octanol–water partition coefficient (Wildman–Crippen LogP) is 13.1. The lowest BCUT2D eigenvalue weighted by Crippen LogP contribution is -2.29. The number of ether oxygens (including phenoxy) is 2. The molecule has 0 saturated heterocycles. The molecule has 3 N–H and O–H groups in total. The van der Waals surface area contributed by atoms with Crippen LogP contribution in [0.4, 0.5) is 0 Å². The number of phosphoric acid groups is 1. The molecule has 0 aliphatic heterocycles. The van der Waals surface area contributed by atoms with E-state index in [-0.39, 0.29) is 32.6 Å². The molecule has 10 heteroatoms. The van der Waals surface area contributed by atoms with Crippen molar-refractivity contribution in [3.63, 3.8) is 0 Å². The van der Waals surface area contributed by atoms with Crippen molar-refractivity contribution in [2.24, 2.45) is 5.73 Å². The molecule has 0 aliphatic carbocycles. The van der Waals surface area contributed by atoms with E-state index >= 15 is 0 Å². The lowest BCUT2D eigenvalue weighted by molar-refractivity contribution is -0.161. The van der Waals surface area contributed by atoms with Crippen LogP contribution in [0, 0.1) is 0 Å². The highest BCUT2D eigenvalue weighted by Crippen LogP contribution is 2.43. The molecule has 0 radical (unpaired) electrons. The third kappa shape index (κ3) is 42.9. The average molecular weight is 820 g/mol. The van der Waals surface area contributed by atoms with Gasteiger partial charge < -0.3 is 20.1 Å². The first-order valence-electron chi connectivity index (χ1n) is 22.4. The summed E-state index contributed by atoms with van der Waals surface area (Å²) in [6, 6.07) is 0. The molecule has 0 rings (SSSR count). The number of nitrogens with two attached hydrogens (primary N) is 1. The van der Waals surface area contributed by atoms with Crippen molar-refractivity contribution in [1.29, 1.82) is 0 Å². The highest BCUT2D eigenvalue weighted by molar-refractivity contribution is 7.47. The fourth-order valence-corrected chi connectivity index (χ4v) is 6.47. The second-order valence-electron chi connectivity index (χ2n) is 14.6. The summed E-state index contributed by atoms with van der Waals surface area (Å²) in [5.74, 6) is -0.878. The number of rotatable bonds is 41. The van der Waals surface area contributed by atoms with Crippen molar-refractivity contribution in [2.75, 3.05) is 26.4 Å². The van der Waals surface area contributed by atoms with E-state index in [1.54, 1.807) is 0 Å². The van der Waals surface area contributed by atoms with Crippen LogP contribution >= 0.6 is 7.82 Å². The Morgan fingerprint density at radius 2 is 0.912 bits per heavy atom. The van der Waals surface area contributed by atoms with Crippen molar-refractivity contribution in [3.8, 4) is 0 Å². The van der Waals surface area contributed by atoms with Crippen molar-refractivity contribution in [2.45, 2.75) is 187 Å². The average Bonchev–Trinajstić information content (AvgIpc) is 3.20. The van der Waals surface area contributed by atoms with E-state index in [2.05, 4.69) is 86.8 Å². The predicted molar refractivity (Wildman–Crippen MR) is 238 cm³/mol. The van der Waals surface area contributed by atoms with Crippen molar-refractivity contribution >= 4 is 19.8 Å². The smallest absolute Gasteiger partial charge is 0.462 e. The van der Waals surface area contributed by atoms with Crippen LogP contribution in [0.5, 0.6) is 0 Å². The number of carbonyl (C=O) groups excluding carboxylic acids is 2. The fraction of sp³-hybridized carbons (Fsp3) is 0.702. The van der Waals surface area contributed by atoms with Gasteiger partial charge in [-0.1, -0.05) is 151 Å². The van der Waals surface area contributed by atoms with Gasteiger partial charge in [-0.15, -0.1) is 0 Å². The molecule has 0 spiro atoms. The Morgan fingerprint density at radius 1 is 0.526 bits per heavy atom. The highest BCUT2D eigenvalue weighted by Gasteiger charge is 2.26. The molecule has 0 aromatic heterocycles. The lowest BCUT2D eigenvalue weighted by atomic mass is 10.1. The van der Waals surface area contributed by atoms with E-state index in [1.165, 1.54) is 70.6 Å². The van der Waals surface area contributed by atoms with E-state index in [4.69, 9.17) is 24.3 Å². The van der Waals surface area contributed by atoms with E-state index in [1.807, 2.05) is 0 Å². The van der Waals surface area contributed by atoms with Crippen molar-refractivity contribution in [1.82, 2.24) is 0 Å². The molecule has 9 nitrogen and oxygen atoms in total. The van der Waals surface area contributed by atoms with Gasteiger partial charge in [0, 0.05) is 19.4 Å². The number of hydrogen-bond acceptors (Lipinski definition) is 8. The molecule has 0 bridgehead atoms. The summed E-state index contributed by atoms with van der Waals surface area (Å²) in [6.07, 6.45) is 52.1. The zero-order valence-electron chi connectivity index (χ0n) is 36.0. The van der Waals surface area contributed by atoms with Crippen molar-refractivity contribution in [3.05, 3.63) is 72.9 Å². The molecule has 0 saturated carbocycles. The fourth-order valence-electron chi connectivity index (χ4n) is 5.71.